The van der Waals surface area contributed by atoms with Crippen molar-refractivity contribution in [1.82, 2.24) is 0 Å². The zero-order valence-corrected chi connectivity index (χ0v) is 13.5. The predicted octanol–water partition coefficient (Wildman–Crippen LogP) is 4.45. The molecule has 0 unspecified atom stereocenters. The number of carboxylic acid groups (broad SMARTS) is 1. The third kappa shape index (κ3) is 2.68. The predicted molar refractivity (Wildman–Crippen MR) is 83.4 cm³/mol. The van der Waals surface area contributed by atoms with Crippen LogP contribution in [0.5, 0.6) is 0 Å². The van der Waals surface area contributed by atoms with E-state index in [2.05, 4.69) is 20.8 Å². The van der Waals surface area contributed by atoms with E-state index in [4.69, 9.17) is 5.11 Å². The molecule has 3 rings (SSSR count). The topological polar surface area (TPSA) is 40.5 Å². The standard InChI is InChI=1S/C16H19BrFNO2/c17-13-11(15(20)21)3-4-12(14(13)18)19-9-7-16(8-10-19)5-1-2-6-16/h3-4H,1-2,5-10H2,(H,20,21). The fourth-order valence-corrected chi connectivity index (χ4v) is 4.30. The molecule has 1 saturated carbocycles. The van der Waals surface area contributed by atoms with Crippen molar-refractivity contribution in [2.75, 3.05) is 18.0 Å². The van der Waals surface area contributed by atoms with Gasteiger partial charge in [0.1, 0.15) is 0 Å². The molecule has 2 aliphatic rings. The first-order chi connectivity index (χ1) is 10.0. The van der Waals surface area contributed by atoms with E-state index in [9.17, 15) is 9.18 Å². The number of halogens is 2. The molecule has 1 aliphatic carbocycles. The number of hydrogen-bond acceptors (Lipinski definition) is 2. The van der Waals surface area contributed by atoms with Crippen molar-refractivity contribution in [3.63, 3.8) is 0 Å². The van der Waals surface area contributed by atoms with Gasteiger partial charge in [-0.2, -0.15) is 0 Å². The molecule has 1 aliphatic heterocycles. The number of carboxylic acids is 1. The summed E-state index contributed by atoms with van der Waals surface area (Å²) in [5, 5.41) is 9.02. The Morgan fingerprint density at radius 1 is 1.19 bits per heavy atom. The molecule has 0 amide bonds. The number of piperidine rings is 1. The first kappa shape index (κ1) is 14.8. The minimum absolute atomic E-state index is 0.0273. The van der Waals surface area contributed by atoms with Crippen molar-refractivity contribution in [2.45, 2.75) is 38.5 Å². The van der Waals surface area contributed by atoms with Gasteiger partial charge in [-0.05, 0) is 59.2 Å². The molecule has 1 aromatic rings. The zero-order chi connectivity index (χ0) is 15.0. The Kier molecular flexibility index (Phi) is 3.95. The van der Waals surface area contributed by atoms with Gasteiger partial charge in [0, 0.05) is 13.1 Å². The smallest absolute Gasteiger partial charge is 0.336 e. The van der Waals surface area contributed by atoms with Gasteiger partial charge in [0.05, 0.1) is 15.7 Å². The van der Waals surface area contributed by atoms with Gasteiger partial charge in [-0.1, -0.05) is 12.8 Å². The van der Waals surface area contributed by atoms with Crippen molar-refractivity contribution in [2.24, 2.45) is 5.41 Å². The van der Waals surface area contributed by atoms with E-state index in [1.807, 2.05) is 0 Å². The maximum absolute atomic E-state index is 14.4. The molecule has 0 aromatic heterocycles. The van der Waals surface area contributed by atoms with Gasteiger partial charge in [-0.15, -0.1) is 0 Å². The summed E-state index contributed by atoms with van der Waals surface area (Å²) in [6.45, 7) is 1.71. The number of aromatic carboxylic acids is 1. The Hall–Kier alpha value is -1.10. The highest BCUT2D eigenvalue weighted by Gasteiger charge is 2.37. The van der Waals surface area contributed by atoms with Crippen molar-refractivity contribution >= 4 is 27.6 Å². The number of benzene rings is 1. The van der Waals surface area contributed by atoms with E-state index in [0.29, 0.717) is 11.1 Å². The van der Waals surface area contributed by atoms with Crippen LogP contribution < -0.4 is 4.90 Å². The fraction of sp³-hybridized carbons (Fsp3) is 0.562. The van der Waals surface area contributed by atoms with Gasteiger partial charge in [0.15, 0.2) is 5.82 Å². The van der Waals surface area contributed by atoms with Crippen LogP contribution in [0.4, 0.5) is 10.1 Å². The first-order valence-electron chi connectivity index (χ1n) is 7.49. The second-order valence-electron chi connectivity index (χ2n) is 6.26. The van der Waals surface area contributed by atoms with E-state index in [-0.39, 0.29) is 10.0 Å². The molecule has 5 heteroatoms. The highest BCUT2D eigenvalue weighted by molar-refractivity contribution is 9.10. The summed E-state index contributed by atoms with van der Waals surface area (Å²) >= 11 is 3.08. The summed E-state index contributed by atoms with van der Waals surface area (Å²) in [4.78, 5) is 13.1. The average Bonchev–Trinajstić information content (AvgIpc) is 2.91. The second kappa shape index (κ2) is 5.59. The van der Waals surface area contributed by atoms with E-state index >= 15 is 0 Å². The second-order valence-corrected chi connectivity index (χ2v) is 7.05. The highest BCUT2D eigenvalue weighted by atomic mass is 79.9. The summed E-state index contributed by atoms with van der Waals surface area (Å²) in [6, 6.07) is 3.07. The number of carbonyl (C=O) groups is 1. The van der Waals surface area contributed by atoms with Gasteiger partial charge < -0.3 is 10.0 Å². The summed E-state index contributed by atoms with van der Waals surface area (Å²) in [7, 11) is 0. The maximum Gasteiger partial charge on any atom is 0.336 e. The van der Waals surface area contributed by atoms with Crippen molar-refractivity contribution < 1.29 is 14.3 Å². The van der Waals surface area contributed by atoms with E-state index in [1.54, 1.807) is 6.07 Å². The molecule has 0 bridgehead atoms. The van der Waals surface area contributed by atoms with Crippen LogP contribution in [0, 0.1) is 11.2 Å². The molecular formula is C16H19BrFNO2. The molecule has 0 atom stereocenters. The Morgan fingerprint density at radius 2 is 1.81 bits per heavy atom. The fourth-order valence-electron chi connectivity index (χ4n) is 3.80. The summed E-state index contributed by atoms with van der Waals surface area (Å²) in [5.41, 5.74) is 0.978. The van der Waals surface area contributed by atoms with E-state index in [0.717, 1.165) is 25.9 Å². The largest absolute Gasteiger partial charge is 0.478 e. The van der Waals surface area contributed by atoms with E-state index < -0.39 is 11.8 Å². The van der Waals surface area contributed by atoms with Crippen molar-refractivity contribution in [3.05, 3.63) is 28.0 Å². The molecule has 1 saturated heterocycles. The summed E-state index contributed by atoms with van der Waals surface area (Å²) in [6.07, 6.45) is 7.51. The minimum Gasteiger partial charge on any atom is -0.478 e. The number of anilines is 1. The molecule has 1 spiro atoms. The van der Waals surface area contributed by atoms with Crippen LogP contribution >= 0.6 is 15.9 Å². The monoisotopic (exact) mass is 355 g/mol. The molecule has 3 nitrogen and oxygen atoms in total. The first-order valence-corrected chi connectivity index (χ1v) is 8.28. The number of nitrogens with zero attached hydrogens (tertiary/aromatic N) is 1. The Bertz CT molecular complexity index is 560. The molecule has 21 heavy (non-hydrogen) atoms. The molecule has 1 aromatic carbocycles. The molecule has 114 valence electrons. The van der Waals surface area contributed by atoms with Crippen LogP contribution in [0.25, 0.3) is 0 Å². The summed E-state index contributed by atoms with van der Waals surface area (Å²) < 4.78 is 14.5. The van der Waals surface area contributed by atoms with Crippen LogP contribution in [0.3, 0.4) is 0 Å². The van der Waals surface area contributed by atoms with Crippen LogP contribution in [0.15, 0.2) is 16.6 Å². The lowest BCUT2D eigenvalue weighted by atomic mass is 9.77. The van der Waals surface area contributed by atoms with Gasteiger partial charge in [-0.25, -0.2) is 9.18 Å². The molecule has 1 N–H and O–H groups in total. The SMILES string of the molecule is O=C(O)c1ccc(N2CCC3(CCCC3)CC2)c(F)c1Br. The van der Waals surface area contributed by atoms with Crippen LogP contribution in [0.2, 0.25) is 0 Å². The quantitative estimate of drug-likeness (QED) is 0.851. The average molecular weight is 356 g/mol. The van der Waals surface area contributed by atoms with Crippen molar-refractivity contribution in [1.29, 1.82) is 0 Å². The van der Waals surface area contributed by atoms with Gasteiger partial charge in [0.2, 0.25) is 0 Å². The van der Waals surface area contributed by atoms with Gasteiger partial charge in [0.25, 0.3) is 0 Å². The number of hydrogen-bond donors (Lipinski definition) is 1. The Labute approximate surface area is 132 Å². The lowest BCUT2D eigenvalue weighted by molar-refractivity contribution is 0.0695. The third-order valence-electron chi connectivity index (χ3n) is 5.12. The lowest BCUT2D eigenvalue weighted by Gasteiger charge is -2.40. The van der Waals surface area contributed by atoms with Crippen LogP contribution in [0.1, 0.15) is 48.9 Å². The highest BCUT2D eigenvalue weighted by Crippen LogP contribution is 2.47. The number of rotatable bonds is 2. The third-order valence-corrected chi connectivity index (χ3v) is 5.90. The Morgan fingerprint density at radius 3 is 2.38 bits per heavy atom. The maximum atomic E-state index is 14.4. The Balaban J connectivity index is 1.79. The molecular weight excluding hydrogens is 337 g/mol. The van der Waals surface area contributed by atoms with Crippen LogP contribution in [-0.4, -0.2) is 24.2 Å². The minimum atomic E-state index is -1.11. The van der Waals surface area contributed by atoms with Gasteiger partial charge >= 0.3 is 5.97 Å². The lowest BCUT2D eigenvalue weighted by Crippen LogP contribution is -2.39. The molecule has 2 fully saturated rings. The van der Waals surface area contributed by atoms with Crippen LogP contribution in [-0.2, 0) is 0 Å². The summed E-state index contributed by atoms with van der Waals surface area (Å²) in [5.74, 6) is -1.58. The normalized spacial score (nSPS) is 21.0. The van der Waals surface area contributed by atoms with E-state index in [1.165, 1.54) is 31.7 Å². The molecule has 0 radical (unpaired) electrons. The van der Waals surface area contributed by atoms with Crippen molar-refractivity contribution in [3.8, 4) is 0 Å². The van der Waals surface area contributed by atoms with Gasteiger partial charge in [-0.3, -0.25) is 0 Å². The zero-order valence-electron chi connectivity index (χ0n) is 11.9. The molecule has 1 heterocycles.